The van der Waals surface area contributed by atoms with Crippen molar-refractivity contribution in [3.05, 3.63) is 0 Å². The summed E-state index contributed by atoms with van der Waals surface area (Å²) in [5.41, 5.74) is 1.91. The maximum Gasteiger partial charge on any atom is 0.327 e. The topological polar surface area (TPSA) is 74.1 Å². The molecular weight excluding hydrogens is 234 g/mol. The van der Waals surface area contributed by atoms with E-state index in [2.05, 4.69) is 33.6 Å². The first-order valence-electron chi connectivity index (χ1n) is 6.36. The molecule has 0 aromatic rings. The quantitative estimate of drug-likeness (QED) is 0.425. The third-order valence-electron chi connectivity index (χ3n) is 3.13. The fourth-order valence-electron chi connectivity index (χ4n) is 1.94. The highest BCUT2D eigenvalue weighted by Crippen LogP contribution is 2.02. The van der Waals surface area contributed by atoms with Gasteiger partial charge in [0.05, 0.1) is 6.42 Å². The van der Waals surface area contributed by atoms with Gasteiger partial charge < -0.3 is 14.6 Å². The summed E-state index contributed by atoms with van der Waals surface area (Å²) in [6, 6.07) is 0. The van der Waals surface area contributed by atoms with Crippen molar-refractivity contribution in [1.82, 2.24) is 20.3 Å². The Morgan fingerprint density at radius 3 is 2.28 bits per heavy atom. The molecule has 1 saturated heterocycles. The summed E-state index contributed by atoms with van der Waals surface area (Å²) in [4.78, 5) is 22.5. The Bertz CT molecular complexity index is 242. The lowest BCUT2D eigenvalue weighted by atomic mass is 10.3. The summed E-state index contributed by atoms with van der Waals surface area (Å²) in [6.45, 7) is 7.10. The lowest BCUT2D eigenvalue weighted by Gasteiger charge is -2.34. The number of hydrazine groups is 1. The van der Waals surface area contributed by atoms with Crippen LogP contribution in [-0.4, -0.2) is 80.6 Å². The molecule has 0 spiro atoms. The number of nitrogens with two attached hydrogens (primary N) is 1. The van der Waals surface area contributed by atoms with Crippen LogP contribution in [-0.2, 0) is 9.63 Å². The van der Waals surface area contributed by atoms with Crippen LogP contribution in [0.2, 0.25) is 0 Å². The van der Waals surface area contributed by atoms with Gasteiger partial charge in [0.1, 0.15) is 0 Å². The van der Waals surface area contributed by atoms with Gasteiger partial charge in [-0.05, 0) is 14.1 Å². The van der Waals surface area contributed by atoms with Gasteiger partial charge in [0.25, 0.3) is 0 Å². The van der Waals surface area contributed by atoms with Gasteiger partial charge in [0, 0.05) is 45.8 Å². The van der Waals surface area contributed by atoms with Crippen LogP contribution in [0.25, 0.3) is 0 Å². The van der Waals surface area contributed by atoms with E-state index in [1.807, 2.05) is 5.59 Å². The monoisotopic (exact) mass is 259 g/mol. The highest BCUT2D eigenvalue weighted by Gasteiger charge is 2.17. The van der Waals surface area contributed by atoms with Crippen molar-refractivity contribution in [2.24, 2.45) is 5.84 Å². The largest absolute Gasteiger partial charge is 0.356 e. The Balaban J connectivity index is 2.09. The number of carbonyl (C=O) groups is 1. The summed E-state index contributed by atoms with van der Waals surface area (Å²) in [6.07, 6.45) is 0.377. The molecule has 18 heavy (non-hydrogen) atoms. The van der Waals surface area contributed by atoms with Gasteiger partial charge in [-0.1, -0.05) is 5.59 Å². The Morgan fingerprint density at radius 2 is 1.78 bits per heavy atom. The van der Waals surface area contributed by atoms with Crippen LogP contribution in [0.15, 0.2) is 0 Å². The number of piperazine rings is 1. The maximum absolute atomic E-state index is 11.1. The zero-order chi connectivity index (χ0) is 13.4. The van der Waals surface area contributed by atoms with Crippen LogP contribution in [0.3, 0.4) is 0 Å². The standard InChI is InChI=1S/C11H25N5O2/c1-14(2)5-6-16-9-7-15(8-10-16)4-3-11(17)18-13-12/h13H,3-10,12H2,1-2H3. The van der Waals surface area contributed by atoms with E-state index in [4.69, 9.17) is 5.84 Å². The number of hydrogen-bond acceptors (Lipinski definition) is 7. The van der Waals surface area contributed by atoms with E-state index in [0.29, 0.717) is 6.42 Å². The van der Waals surface area contributed by atoms with E-state index in [1.165, 1.54) is 0 Å². The molecular formula is C11H25N5O2. The lowest BCUT2D eigenvalue weighted by Crippen LogP contribution is -2.48. The van der Waals surface area contributed by atoms with Crippen molar-refractivity contribution in [2.45, 2.75) is 6.42 Å². The molecule has 1 aliphatic heterocycles. The van der Waals surface area contributed by atoms with Crippen molar-refractivity contribution >= 4 is 5.97 Å². The van der Waals surface area contributed by atoms with Crippen LogP contribution < -0.4 is 11.4 Å². The molecule has 7 heteroatoms. The molecule has 106 valence electrons. The molecule has 0 unspecified atom stereocenters. The third kappa shape index (κ3) is 6.27. The van der Waals surface area contributed by atoms with Crippen molar-refractivity contribution in [3.63, 3.8) is 0 Å². The molecule has 0 aromatic carbocycles. The fraction of sp³-hybridized carbons (Fsp3) is 0.909. The van der Waals surface area contributed by atoms with Crippen LogP contribution in [0.1, 0.15) is 6.42 Å². The molecule has 0 aliphatic carbocycles. The van der Waals surface area contributed by atoms with Gasteiger partial charge in [-0.3, -0.25) is 9.69 Å². The van der Waals surface area contributed by atoms with E-state index in [-0.39, 0.29) is 5.97 Å². The number of rotatable bonds is 7. The second-order valence-electron chi connectivity index (χ2n) is 4.83. The van der Waals surface area contributed by atoms with Crippen molar-refractivity contribution in [1.29, 1.82) is 0 Å². The molecule has 1 heterocycles. The highest BCUT2D eigenvalue weighted by atomic mass is 16.7. The predicted octanol–water partition coefficient (Wildman–Crippen LogP) is -1.52. The van der Waals surface area contributed by atoms with E-state index in [1.54, 1.807) is 0 Å². The van der Waals surface area contributed by atoms with Gasteiger partial charge >= 0.3 is 5.97 Å². The van der Waals surface area contributed by atoms with E-state index >= 15 is 0 Å². The molecule has 1 fully saturated rings. The minimum absolute atomic E-state index is 0.312. The van der Waals surface area contributed by atoms with Gasteiger partial charge in [-0.25, -0.2) is 5.84 Å². The number of likely N-dealkylation sites (N-methyl/N-ethyl adjacent to an activating group) is 1. The normalized spacial score (nSPS) is 18.2. The Hall–Kier alpha value is -0.730. The summed E-state index contributed by atoms with van der Waals surface area (Å²) < 4.78 is 0. The predicted molar refractivity (Wildman–Crippen MR) is 69.5 cm³/mol. The molecule has 0 aromatic heterocycles. The van der Waals surface area contributed by atoms with Crippen LogP contribution in [0.5, 0.6) is 0 Å². The SMILES string of the molecule is CN(C)CCN1CCN(CCC(=O)ONN)CC1. The second kappa shape index (κ2) is 8.39. The molecule has 7 nitrogen and oxygen atoms in total. The van der Waals surface area contributed by atoms with Gasteiger partial charge in [-0.15, -0.1) is 0 Å². The molecule has 3 N–H and O–H groups in total. The lowest BCUT2D eigenvalue weighted by molar-refractivity contribution is -0.151. The summed E-state index contributed by atoms with van der Waals surface area (Å²) in [5, 5.41) is 0. The zero-order valence-electron chi connectivity index (χ0n) is 11.4. The zero-order valence-corrected chi connectivity index (χ0v) is 11.4. The Morgan fingerprint density at radius 1 is 1.22 bits per heavy atom. The van der Waals surface area contributed by atoms with E-state index in [9.17, 15) is 4.79 Å². The summed E-state index contributed by atoms with van der Waals surface area (Å²) in [7, 11) is 4.18. The minimum Gasteiger partial charge on any atom is -0.356 e. The van der Waals surface area contributed by atoms with Crippen LogP contribution in [0.4, 0.5) is 0 Å². The van der Waals surface area contributed by atoms with Gasteiger partial charge in [-0.2, -0.15) is 0 Å². The molecule has 1 rings (SSSR count). The van der Waals surface area contributed by atoms with Crippen LogP contribution in [0, 0.1) is 0 Å². The molecule has 1 aliphatic rings. The number of hydrogen-bond donors (Lipinski definition) is 2. The van der Waals surface area contributed by atoms with Crippen molar-refractivity contribution in [2.75, 3.05) is 59.9 Å². The number of nitrogens with zero attached hydrogens (tertiary/aromatic N) is 3. The van der Waals surface area contributed by atoms with Gasteiger partial charge in [0.2, 0.25) is 0 Å². The van der Waals surface area contributed by atoms with E-state index < -0.39 is 0 Å². The first-order chi connectivity index (χ1) is 8.61. The first-order valence-corrected chi connectivity index (χ1v) is 6.36. The second-order valence-corrected chi connectivity index (χ2v) is 4.83. The summed E-state index contributed by atoms with van der Waals surface area (Å²) in [5.74, 6) is 4.58. The molecule has 0 saturated carbocycles. The molecule has 0 amide bonds. The van der Waals surface area contributed by atoms with Crippen molar-refractivity contribution in [3.8, 4) is 0 Å². The molecule has 0 atom stereocenters. The highest BCUT2D eigenvalue weighted by molar-refractivity contribution is 5.69. The average molecular weight is 259 g/mol. The number of nitrogens with one attached hydrogen (secondary N) is 1. The third-order valence-corrected chi connectivity index (χ3v) is 3.13. The Kier molecular flexibility index (Phi) is 7.14. The maximum atomic E-state index is 11.1. The van der Waals surface area contributed by atoms with Crippen LogP contribution >= 0.6 is 0 Å². The molecule has 0 bridgehead atoms. The van der Waals surface area contributed by atoms with E-state index in [0.717, 1.165) is 45.8 Å². The van der Waals surface area contributed by atoms with Crippen molar-refractivity contribution < 1.29 is 9.63 Å². The smallest absolute Gasteiger partial charge is 0.327 e. The summed E-state index contributed by atoms with van der Waals surface area (Å²) >= 11 is 0. The Labute approximate surface area is 109 Å². The fourth-order valence-corrected chi connectivity index (χ4v) is 1.94. The number of carbonyl (C=O) groups excluding carboxylic acids is 1. The molecule has 0 radical (unpaired) electrons. The minimum atomic E-state index is -0.312. The first kappa shape index (κ1) is 15.3. The average Bonchev–Trinajstić information content (AvgIpc) is 2.35. The van der Waals surface area contributed by atoms with Gasteiger partial charge in [0.15, 0.2) is 0 Å².